The number of nitrogens with one attached hydrogen (secondary N) is 1. The monoisotopic (exact) mass is 229 g/mol. The number of halogens is 2. The van der Waals surface area contributed by atoms with Crippen LogP contribution in [0.15, 0.2) is 18.2 Å². The molecule has 0 aliphatic carbocycles. The van der Waals surface area contributed by atoms with Crippen LogP contribution in [-0.4, -0.2) is 19.2 Å². The van der Waals surface area contributed by atoms with Gasteiger partial charge in [-0.25, -0.2) is 8.78 Å². The zero-order valence-electron chi connectivity index (χ0n) is 9.59. The molecule has 1 rings (SSSR count). The average molecular weight is 229 g/mol. The van der Waals surface area contributed by atoms with Crippen LogP contribution in [-0.2, 0) is 11.3 Å². The van der Waals surface area contributed by atoms with E-state index in [1.165, 1.54) is 18.2 Å². The van der Waals surface area contributed by atoms with Gasteiger partial charge in [-0.2, -0.15) is 0 Å². The largest absolute Gasteiger partial charge is 0.375 e. The molecule has 0 aromatic heterocycles. The molecule has 0 aliphatic rings. The Kier molecular flexibility index (Phi) is 5.35. The van der Waals surface area contributed by atoms with Crippen molar-refractivity contribution in [2.75, 3.05) is 13.2 Å². The Morgan fingerprint density at radius 1 is 1.25 bits per heavy atom. The van der Waals surface area contributed by atoms with Crippen molar-refractivity contribution in [3.63, 3.8) is 0 Å². The van der Waals surface area contributed by atoms with Crippen LogP contribution < -0.4 is 5.32 Å². The van der Waals surface area contributed by atoms with Crippen molar-refractivity contribution in [2.45, 2.75) is 26.5 Å². The molecule has 0 heterocycles. The fraction of sp³-hybridized carbons (Fsp3) is 0.500. The molecule has 1 N–H and O–H groups in total. The summed E-state index contributed by atoms with van der Waals surface area (Å²) < 4.78 is 31.5. The second-order valence-electron chi connectivity index (χ2n) is 3.86. The van der Waals surface area contributed by atoms with Gasteiger partial charge in [-0.15, -0.1) is 0 Å². The van der Waals surface area contributed by atoms with Crippen LogP contribution in [0.2, 0.25) is 0 Å². The summed E-state index contributed by atoms with van der Waals surface area (Å²) in [6.45, 7) is 5.13. The molecule has 0 saturated carbocycles. The van der Waals surface area contributed by atoms with Crippen LogP contribution in [0.4, 0.5) is 8.78 Å². The first kappa shape index (κ1) is 13.1. The molecule has 1 aromatic carbocycles. The van der Waals surface area contributed by atoms with Gasteiger partial charge in [-0.1, -0.05) is 19.9 Å². The van der Waals surface area contributed by atoms with E-state index in [4.69, 9.17) is 4.74 Å². The molecule has 0 saturated heterocycles. The molecule has 0 amide bonds. The lowest BCUT2D eigenvalue weighted by molar-refractivity contribution is 0.116. The van der Waals surface area contributed by atoms with Crippen LogP contribution in [0.1, 0.15) is 19.4 Å². The minimum absolute atomic E-state index is 0.00736. The second-order valence-corrected chi connectivity index (χ2v) is 3.86. The van der Waals surface area contributed by atoms with E-state index in [0.717, 1.165) is 0 Å². The van der Waals surface area contributed by atoms with Crippen molar-refractivity contribution in [1.82, 2.24) is 5.32 Å². The van der Waals surface area contributed by atoms with Crippen LogP contribution in [0.5, 0.6) is 0 Å². The highest BCUT2D eigenvalue weighted by Gasteiger charge is 2.07. The van der Waals surface area contributed by atoms with Crippen molar-refractivity contribution in [3.05, 3.63) is 35.4 Å². The van der Waals surface area contributed by atoms with Gasteiger partial charge in [-0.05, 0) is 12.1 Å². The quantitative estimate of drug-likeness (QED) is 0.757. The number of benzene rings is 1. The molecular formula is C12H17F2NO. The Morgan fingerprint density at radius 3 is 2.44 bits per heavy atom. The number of rotatable bonds is 6. The van der Waals surface area contributed by atoms with Crippen LogP contribution in [0.25, 0.3) is 0 Å². The van der Waals surface area contributed by atoms with Crippen molar-refractivity contribution >= 4 is 0 Å². The smallest absolute Gasteiger partial charge is 0.131 e. The summed E-state index contributed by atoms with van der Waals surface area (Å²) in [5.41, 5.74) is -0.00736. The summed E-state index contributed by atoms with van der Waals surface area (Å²) in [6.07, 6.45) is 0. The SMILES string of the molecule is CC(C)NCCOCc1c(F)cccc1F. The Bertz CT molecular complexity index is 309. The second kappa shape index (κ2) is 6.55. The molecule has 0 fully saturated rings. The zero-order valence-corrected chi connectivity index (χ0v) is 9.59. The van der Waals surface area contributed by atoms with E-state index in [9.17, 15) is 8.78 Å². The number of hydrogen-bond acceptors (Lipinski definition) is 2. The predicted molar refractivity (Wildman–Crippen MR) is 59.2 cm³/mol. The fourth-order valence-electron chi connectivity index (χ4n) is 1.26. The van der Waals surface area contributed by atoms with Gasteiger partial charge in [0.05, 0.1) is 13.2 Å². The van der Waals surface area contributed by atoms with Crippen molar-refractivity contribution in [3.8, 4) is 0 Å². The maximum absolute atomic E-state index is 13.2. The molecule has 0 bridgehead atoms. The minimum atomic E-state index is -0.559. The lowest BCUT2D eigenvalue weighted by Gasteiger charge is -2.09. The molecule has 1 aromatic rings. The first-order chi connectivity index (χ1) is 7.61. The highest BCUT2D eigenvalue weighted by Crippen LogP contribution is 2.12. The third-order valence-corrected chi connectivity index (χ3v) is 2.11. The van der Waals surface area contributed by atoms with Gasteiger partial charge in [0.25, 0.3) is 0 Å². The highest BCUT2D eigenvalue weighted by atomic mass is 19.1. The molecule has 0 spiro atoms. The Balaban J connectivity index is 2.32. The van der Waals surface area contributed by atoms with Gasteiger partial charge >= 0.3 is 0 Å². The van der Waals surface area contributed by atoms with Gasteiger partial charge in [0, 0.05) is 18.2 Å². The minimum Gasteiger partial charge on any atom is -0.375 e. The maximum atomic E-state index is 13.2. The predicted octanol–water partition coefficient (Wildman–Crippen LogP) is 2.48. The molecule has 0 unspecified atom stereocenters. The van der Waals surface area contributed by atoms with E-state index in [-0.39, 0.29) is 12.2 Å². The lowest BCUT2D eigenvalue weighted by Crippen LogP contribution is -2.26. The Labute approximate surface area is 94.6 Å². The van der Waals surface area contributed by atoms with Gasteiger partial charge < -0.3 is 10.1 Å². The van der Waals surface area contributed by atoms with Crippen molar-refractivity contribution < 1.29 is 13.5 Å². The maximum Gasteiger partial charge on any atom is 0.131 e. The van der Waals surface area contributed by atoms with Crippen molar-refractivity contribution in [1.29, 1.82) is 0 Å². The molecule has 0 aliphatic heterocycles. The van der Waals surface area contributed by atoms with E-state index in [2.05, 4.69) is 5.32 Å². The molecular weight excluding hydrogens is 212 g/mol. The molecule has 0 atom stereocenters. The number of hydrogen-bond donors (Lipinski definition) is 1. The highest BCUT2D eigenvalue weighted by molar-refractivity contribution is 5.18. The van der Waals surface area contributed by atoms with E-state index in [1.807, 2.05) is 13.8 Å². The molecule has 2 nitrogen and oxygen atoms in total. The lowest BCUT2D eigenvalue weighted by atomic mass is 10.2. The van der Waals surface area contributed by atoms with E-state index in [1.54, 1.807) is 0 Å². The molecule has 16 heavy (non-hydrogen) atoms. The molecule has 90 valence electrons. The van der Waals surface area contributed by atoms with Gasteiger partial charge in [0.15, 0.2) is 0 Å². The van der Waals surface area contributed by atoms with Crippen molar-refractivity contribution in [2.24, 2.45) is 0 Å². The third kappa shape index (κ3) is 4.24. The first-order valence-corrected chi connectivity index (χ1v) is 5.35. The van der Waals surface area contributed by atoms with E-state index >= 15 is 0 Å². The first-order valence-electron chi connectivity index (χ1n) is 5.35. The van der Waals surface area contributed by atoms with Gasteiger partial charge in [0.2, 0.25) is 0 Å². The van der Waals surface area contributed by atoms with E-state index < -0.39 is 11.6 Å². The molecule has 0 radical (unpaired) electrons. The van der Waals surface area contributed by atoms with Gasteiger partial charge in [0.1, 0.15) is 11.6 Å². The van der Waals surface area contributed by atoms with Crippen LogP contribution >= 0.6 is 0 Å². The summed E-state index contributed by atoms with van der Waals surface area (Å²) in [5, 5.41) is 3.15. The fourth-order valence-corrected chi connectivity index (χ4v) is 1.26. The topological polar surface area (TPSA) is 21.3 Å². The van der Waals surface area contributed by atoms with Crippen LogP contribution in [0.3, 0.4) is 0 Å². The Morgan fingerprint density at radius 2 is 1.88 bits per heavy atom. The van der Waals surface area contributed by atoms with Crippen LogP contribution in [0, 0.1) is 11.6 Å². The van der Waals surface area contributed by atoms with Gasteiger partial charge in [-0.3, -0.25) is 0 Å². The summed E-state index contributed by atoms with van der Waals surface area (Å²) in [7, 11) is 0. The molecule has 4 heteroatoms. The normalized spacial score (nSPS) is 11.1. The summed E-state index contributed by atoms with van der Waals surface area (Å²) in [4.78, 5) is 0. The number of ether oxygens (including phenoxy) is 1. The summed E-state index contributed by atoms with van der Waals surface area (Å²) >= 11 is 0. The summed E-state index contributed by atoms with van der Waals surface area (Å²) in [6, 6.07) is 4.19. The Hall–Kier alpha value is -1.00. The standard InChI is InChI=1S/C12H17F2NO/c1-9(2)15-6-7-16-8-10-11(13)4-3-5-12(10)14/h3-5,9,15H,6-8H2,1-2H3. The van der Waals surface area contributed by atoms with E-state index in [0.29, 0.717) is 19.2 Å². The summed E-state index contributed by atoms with van der Waals surface area (Å²) in [5.74, 6) is -1.12. The third-order valence-electron chi connectivity index (χ3n) is 2.11. The average Bonchev–Trinajstić information content (AvgIpc) is 2.21. The zero-order chi connectivity index (χ0) is 12.0.